The van der Waals surface area contributed by atoms with Crippen LogP contribution in [0.1, 0.15) is 6.42 Å². The van der Waals surface area contributed by atoms with E-state index in [9.17, 15) is 0 Å². The topological polar surface area (TPSA) is 50.4 Å². The third-order valence-electron chi connectivity index (χ3n) is 1.63. The smallest absolute Gasteiger partial charge is 0.255 e. The first-order valence-electron chi connectivity index (χ1n) is 4.63. The van der Waals surface area contributed by atoms with E-state index >= 15 is 0 Å². The summed E-state index contributed by atoms with van der Waals surface area (Å²) >= 11 is 3.26. The SMILES string of the molecule is CN=C(NCCCSc1ncco1)SC. The van der Waals surface area contributed by atoms with Gasteiger partial charge in [-0.1, -0.05) is 23.5 Å². The average molecular weight is 245 g/mol. The molecule has 0 saturated carbocycles. The Balaban J connectivity index is 2.02. The van der Waals surface area contributed by atoms with Gasteiger partial charge in [-0.05, 0) is 12.7 Å². The zero-order valence-electron chi connectivity index (χ0n) is 8.90. The molecule has 0 atom stereocenters. The van der Waals surface area contributed by atoms with E-state index in [0.29, 0.717) is 0 Å². The molecule has 4 nitrogen and oxygen atoms in total. The van der Waals surface area contributed by atoms with Crippen LogP contribution in [-0.2, 0) is 0 Å². The predicted molar refractivity (Wildman–Crippen MR) is 66.7 cm³/mol. The maximum atomic E-state index is 5.11. The van der Waals surface area contributed by atoms with Gasteiger partial charge in [0.2, 0.25) is 0 Å². The molecule has 1 heterocycles. The van der Waals surface area contributed by atoms with E-state index in [-0.39, 0.29) is 0 Å². The van der Waals surface area contributed by atoms with Gasteiger partial charge in [0.05, 0.1) is 6.20 Å². The van der Waals surface area contributed by atoms with E-state index in [2.05, 4.69) is 15.3 Å². The molecule has 0 saturated heterocycles. The summed E-state index contributed by atoms with van der Waals surface area (Å²) in [4.78, 5) is 8.11. The highest BCUT2D eigenvalue weighted by Gasteiger charge is 1.98. The number of nitrogens with one attached hydrogen (secondary N) is 1. The molecule has 0 aliphatic carbocycles. The number of aliphatic imine (C=N–C) groups is 1. The van der Waals surface area contributed by atoms with E-state index in [1.807, 2.05) is 6.26 Å². The first-order chi connectivity index (χ1) is 7.36. The lowest BCUT2D eigenvalue weighted by Crippen LogP contribution is -2.21. The number of nitrogens with zero attached hydrogens (tertiary/aromatic N) is 2. The van der Waals surface area contributed by atoms with Gasteiger partial charge in [-0.2, -0.15) is 0 Å². The van der Waals surface area contributed by atoms with Gasteiger partial charge in [0.25, 0.3) is 5.22 Å². The van der Waals surface area contributed by atoms with Gasteiger partial charge in [-0.15, -0.1) is 0 Å². The summed E-state index contributed by atoms with van der Waals surface area (Å²) in [6, 6.07) is 0. The summed E-state index contributed by atoms with van der Waals surface area (Å²) in [6.07, 6.45) is 6.33. The first-order valence-corrected chi connectivity index (χ1v) is 6.84. The van der Waals surface area contributed by atoms with Crippen molar-refractivity contribution < 1.29 is 4.42 Å². The quantitative estimate of drug-likeness (QED) is 0.372. The zero-order valence-corrected chi connectivity index (χ0v) is 10.5. The van der Waals surface area contributed by atoms with Crippen LogP contribution in [0.3, 0.4) is 0 Å². The van der Waals surface area contributed by atoms with Crippen LogP contribution in [0.15, 0.2) is 27.1 Å². The number of rotatable bonds is 5. The molecule has 0 radical (unpaired) electrons. The van der Waals surface area contributed by atoms with Crippen molar-refractivity contribution in [2.75, 3.05) is 25.6 Å². The molecule has 0 aliphatic heterocycles. The molecule has 0 aromatic carbocycles. The van der Waals surface area contributed by atoms with Crippen LogP contribution in [0.4, 0.5) is 0 Å². The Hall–Kier alpha value is -0.620. The summed E-state index contributed by atoms with van der Waals surface area (Å²) in [5, 5.41) is 4.97. The second kappa shape index (κ2) is 7.64. The highest BCUT2D eigenvalue weighted by Crippen LogP contribution is 2.14. The van der Waals surface area contributed by atoms with Gasteiger partial charge in [0, 0.05) is 19.3 Å². The molecule has 1 N–H and O–H groups in total. The Morgan fingerprint density at radius 1 is 1.67 bits per heavy atom. The molecule has 15 heavy (non-hydrogen) atoms. The van der Waals surface area contributed by atoms with Crippen LogP contribution >= 0.6 is 23.5 Å². The predicted octanol–water partition coefficient (Wildman–Crippen LogP) is 2.10. The van der Waals surface area contributed by atoms with Crippen LogP contribution < -0.4 is 5.32 Å². The maximum absolute atomic E-state index is 5.11. The zero-order chi connectivity index (χ0) is 10.9. The van der Waals surface area contributed by atoms with Crippen LogP contribution in [0.5, 0.6) is 0 Å². The standard InChI is InChI=1S/C9H15N3OS2/c1-10-8(14-2)11-4-3-7-15-9-12-5-6-13-9/h5-6H,3-4,7H2,1-2H3,(H,10,11). The molecular weight excluding hydrogens is 230 g/mol. The Labute approximate surface area is 98.3 Å². The lowest BCUT2D eigenvalue weighted by molar-refractivity contribution is 0.454. The second-order valence-corrected chi connectivity index (χ2v) is 4.50. The van der Waals surface area contributed by atoms with Gasteiger partial charge in [0.1, 0.15) is 6.26 Å². The van der Waals surface area contributed by atoms with Crippen molar-refractivity contribution >= 4 is 28.7 Å². The molecule has 0 fully saturated rings. The largest absolute Gasteiger partial charge is 0.440 e. The first kappa shape index (κ1) is 12.4. The highest BCUT2D eigenvalue weighted by molar-refractivity contribution is 8.13. The fourth-order valence-corrected chi connectivity index (χ4v) is 2.10. The number of oxazole rings is 1. The molecule has 1 rings (SSSR count). The molecular formula is C9H15N3OS2. The fourth-order valence-electron chi connectivity index (χ4n) is 0.951. The van der Waals surface area contributed by atoms with Gasteiger partial charge < -0.3 is 9.73 Å². The lowest BCUT2D eigenvalue weighted by atomic mass is 10.5. The van der Waals surface area contributed by atoms with Crippen molar-refractivity contribution in [3.63, 3.8) is 0 Å². The van der Waals surface area contributed by atoms with Gasteiger partial charge in [-0.3, -0.25) is 4.99 Å². The summed E-state index contributed by atoms with van der Waals surface area (Å²) in [5.74, 6) is 0.999. The molecule has 0 amide bonds. The third kappa shape index (κ3) is 5.13. The molecule has 0 spiro atoms. The van der Waals surface area contributed by atoms with Crippen molar-refractivity contribution in [3.05, 3.63) is 12.5 Å². The van der Waals surface area contributed by atoms with Gasteiger partial charge in [-0.25, -0.2) is 4.98 Å². The molecule has 1 aromatic rings. The van der Waals surface area contributed by atoms with Crippen LogP contribution in [0, 0.1) is 0 Å². The van der Waals surface area contributed by atoms with E-state index in [1.165, 1.54) is 0 Å². The second-order valence-electron chi connectivity index (χ2n) is 2.66. The van der Waals surface area contributed by atoms with Crippen LogP contribution in [0.25, 0.3) is 0 Å². The number of thioether (sulfide) groups is 2. The minimum Gasteiger partial charge on any atom is -0.440 e. The molecule has 1 aromatic heterocycles. The van der Waals surface area contributed by atoms with Crippen LogP contribution in [-0.4, -0.2) is 35.8 Å². The Kier molecular flexibility index (Phi) is 6.34. The van der Waals surface area contributed by atoms with Crippen molar-refractivity contribution in [2.45, 2.75) is 11.6 Å². The number of amidine groups is 1. The van der Waals surface area contributed by atoms with E-state index in [1.54, 1.807) is 43.0 Å². The number of hydrogen-bond acceptors (Lipinski definition) is 5. The normalized spacial score (nSPS) is 11.7. The Morgan fingerprint density at radius 3 is 3.13 bits per heavy atom. The van der Waals surface area contributed by atoms with Crippen LogP contribution in [0.2, 0.25) is 0 Å². The molecule has 6 heteroatoms. The fraction of sp³-hybridized carbons (Fsp3) is 0.556. The van der Waals surface area contributed by atoms with Gasteiger partial charge >= 0.3 is 0 Å². The summed E-state index contributed by atoms with van der Waals surface area (Å²) in [7, 11) is 1.79. The van der Waals surface area contributed by atoms with E-state index in [4.69, 9.17) is 4.42 Å². The third-order valence-corrected chi connectivity index (χ3v) is 3.28. The van der Waals surface area contributed by atoms with Crippen molar-refractivity contribution in [1.29, 1.82) is 0 Å². The monoisotopic (exact) mass is 245 g/mol. The molecule has 0 unspecified atom stereocenters. The van der Waals surface area contributed by atoms with Crippen molar-refractivity contribution in [1.82, 2.24) is 10.3 Å². The molecule has 0 aliphatic rings. The Morgan fingerprint density at radius 2 is 2.53 bits per heavy atom. The van der Waals surface area contributed by atoms with Crippen molar-refractivity contribution in [2.24, 2.45) is 4.99 Å². The van der Waals surface area contributed by atoms with Crippen molar-refractivity contribution in [3.8, 4) is 0 Å². The molecule has 84 valence electrons. The summed E-state index contributed by atoms with van der Waals surface area (Å²) < 4.78 is 5.11. The average Bonchev–Trinajstić information content (AvgIpc) is 2.76. The summed E-state index contributed by atoms with van der Waals surface area (Å²) in [5.41, 5.74) is 0. The maximum Gasteiger partial charge on any atom is 0.255 e. The minimum absolute atomic E-state index is 0.740. The number of hydrogen-bond donors (Lipinski definition) is 1. The van der Waals surface area contributed by atoms with Gasteiger partial charge in [0.15, 0.2) is 5.17 Å². The Bertz CT molecular complexity index is 288. The highest BCUT2D eigenvalue weighted by atomic mass is 32.2. The van der Waals surface area contributed by atoms with E-state index in [0.717, 1.165) is 29.1 Å². The minimum atomic E-state index is 0.740. The number of aromatic nitrogens is 1. The summed E-state index contributed by atoms with van der Waals surface area (Å²) in [6.45, 7) is 0.932. The lowest BCUT2D eigenvalue weighted by Gasteiger charge is -2.05. The molecule has 0 bridgehead atoms. The van der Waals surface area contributed by atoms with E-state index < -0.39 is 0 Å².